The Morgan fingerprint density at radius 3 is 2.94 bits per heavy atom. The number of hydrogen-bond acceptors (Lipinski definition) is 4. The Hall–Kier alpha value is -1.59. The summed E-state index contributed by atoms with van der Waals surface area (Å²) in [6, 6.07) is 7.82. The Morgan fingerprint density at radius 1 is 1.56 bits per heavy atom. The SMILES string of the molecule is CC(O)(CNCC1Cc2ccccc2O1)C(=O)O. The molecule has 0 aliphatic carbocycles. The fraction of sp³-hybridized carbons (Fsp3) is 0.462. The number of fused-ring (bicyclic) bond motifs is 1. The van der Waals surface area contributed by atoms with Crippen molar-refractivity contribution in [3.05, 3.63) is 29.8 Å². The van der Waals surface area contributed by atoms with Crippen LogP contribution in [0.15, 0.2) is 24.3 Å². The molecular formula is C13H17NO4. The number of carbonyl (C=O) groups is 1. The van der Waals surface area contributed by atoms with Gasteiger partial charge in [0.25, 0.3) is 0 Å². The Labute approximate surface area is 105 Å². The molecule has 5 nitrogen and oxygen atoms in total. The van der Waals surface area contributed by atoms with Gasteiger partial charge in [0.05, 0.1) is 0 Å². The molecule has 0 fully saturated rings. The smallest absolute Gasteiger partial charge is 0.336 e. The van der Waals surface area contributed by atoms with E-state index in [1.54, 1.807) is 0 Å². The summed E-state index contributed by atoms with van der Waals surface area (Å²) in [6.45, 7) is 1.78. The van der Waals surface area contributed by atoms with Crippen LogP contribution in [0.1, 0.15) is 12.5 Å². The van der Waals surface area contributed by atoms with Crippen molar-refractivity contribution in [2.45, 2.75) is 25.0 Å². The number of carboxylic acids is 1. The van der Waals surface area contributed by atoms with E-state index >= 15 is 0 Å². The van der Waals surface area contributed by atoms with E-state index in [2.05, 4.69) is 5.32 Å². The van der Waals surface area contributed by atoms with Gasteiger partial charge >= 0.3 is 5.97 Å². The molecule has 0 radical (unpaired) electrons. The number of nitrogens with one attached hydrogen (secondary N) is 1. The molecular weight excluding hydrogens is 234 g/mol. The highest BCUT2D eigenvalue weighted by molar-refractivity contribution is 5.76. The Bertz CT molecular complexity index is 419. The average molecular weight is 251 g/mol. The number of rotatable bonds is 5. The van der Waals surface area contributed by atoms with Crippen LogP contribution in [0.25, 0.3) is 0 Å². The largest absolute Gasteiger partial charge is 0.488 e. The molecule has 1 aromatic rings. The molecule has 0 spiro atoms. The minimum atomic E-state index is -1.74. The molecule has 1 heterocycles. The summed E-state index contributed by atoms with van der Waals surface area (Å²) in [5, 5.41) is 21.2. The first-order valence-electron chi connectivity index (χ1n) is 5.90. The van der Waals surface area contributed by atoms with Gasteiger partial charge in [-0.05, 0) is 18.6 Å². The van der Waals surface area contributed by atoms with E-state index in [0.29, 0.717) is 6.54 Å². The van der Waals surface area contributed by atoms with Crippen LogP contribution in [0.4, 0.5) is 0 Å². The standard InChI is InChI=1S/C13H17NO4/c1-13(17,12(15)16)8-14-7-10-6-9-4-2-3-5-11(9)18-10/h2-5,10,14,17H,6-8H2,1H3,(H,15,16). The first kappa shape index (κ1) is 12.9. The summed E-state index contributed by atoms with van der Waals surface area (Å²) < 4.78 is 5.69. The lowest BCUT2D eigenvalue weighted by molar-refractivity contribution is -0.156. The first-order chi connectivity index (χ1) is 8.49. The molecule has 0 saturated carbocycles. The summed E-state index contributed by atoms with van der Waals surface area (Å²) in [4.78, 5) is 10.7. The van der Waals surface area contributed by atoms with Crippen molar-refractivity contribution < 1.29 is 19.7 Å². The van der Waals surface area contributed by atoms with Gasteiger partial charge in [0.1, 0.15) is 11.9 Å². The second-order valence-corrected chi connectivity index (χ2v) is 4.76. The Morgan fingerprint density at radius 2 is 2.28 bits per heavy atom. The van der Waals surface area contributed by atoms with Crippen molar-refractivity contribution in [1.29, 1.82) is 0 Å². The second kappa shape index (κ2) is 4.96. The molecule has 0 amide bonds. The van der Waals surface area contributed by atoms with Crippen LogP contribution < -0.4 is 10.1 Å². The van der Waals surface area contributed by atoms with Gasteiger partial charge in [-0.2, -0.15) is 0 Å². The van der Waals surface area contributed by atoms with E-state index in [1.807, 2.05) is 24.3 Å². The quantitative estimate of drug-likeness (QED) is 0.706. The Balaban J connectivity index is 1.79. The normalized spacial score (nSPS) is 20.9. The number of benzene rings is 1. The van der Waals surface area contributed by atoms with Gasteiger partial charge < -0.3 is 20.3 Å². The first-order valence-corrected chi connectivity index (χ1v) is 5.90. The zero-order valence-corrected chi connectivity index (χ0v) is 10.2. The van der Waals surface area contributed by atoms with Crippen molar-refractivity contribution in [2.24, 2.45) is 0 Å². The minimum absolute atomic E-state index is 0.00145. The van der Waals surface area contributed by atoms with E-state index < -0.39 is 11.6 Å². The van der Waals surface area contributed by atoms with Gasteiger partial charge in [-0.1, -0.05) is 18.2 Å². The lowest BCUT2D eigenvalue weighted by Crippen LogP contribution is -2.46. The summed E-state index contributed by atoms with van der Waals surface area (Å²) in [6.07, 6.45) is 0.797. The molecule has 0 aromatic heterocycles. The summed E-state index contributed by atoms with van der Waals surface area (Å²) in [5.74, 6) is -0.347. The Kier molecular flexibility index (Phi) is 3.54. The van der Waals surface area contributed by atoms with Crippen LogP contribution in [-0.4, -0.2) is 41.0 Å². The van der Waals surface area contributed by atoms with Crippen LogP contribution in [0.3, 0.4) is 0 Å². The van der Waals surface area contributed by atoms with Gasteiger partial charge in [0.15, 0.2) is 5.60 Å². The van der Waals surface area contributed by atoms with E-state index in [9.17, 15) is 9.90 Å². The fourth-order valence-electron chi connectivity index (χ4n) is 1.92. The zero-order valence-electron chi connectivity index (χ0n) is 10.2. The molecule has 1 aliphatic rings. The van der Waals surface area contributed by atoms with Gasteiger partial charge in [-0.15, -0.1) is 0 Å². The maximum absolute atomic E-state index is 10.7. The molecule has 1 aromatic carbocycles. The van der Waals surface area contributed by atoms with Crippen LogP contribution >= 0.6 is 0 Å². The highest BCUT2D eigenvalue weighted by atomic mass is 16.5. The highest BCUT2D eigenvalue weighted by Crippen LogP contribution is 2.27. The van der Waals surface area contributed by atoms with Gasteiger partial charge in [0.2, 0.25) is 0 Å². The number of carboxylic acid groups (broad SMARTS) is 1. The summed E-state index contributed by atoms with van der Waals surface area (Å²) >= 11 is 0. The van der Waals surface area contributed by atoms with E-state index in [0.717, 1.165) is 17.7 Å². The zero-order chi connectivity index (χ0) is 13.2. The van der Waals surface area contributed by atoms with Crippen molar-refractivity contribution in [2.75, 3.05) is 13.1 Å². The molecule has 2 unspecified atom stereocenters. The number of aliphatic carboxylic acids is 1. The van der Waals surface area contributed by atoms with Crippen LogP contribution in [0, 0.1) is 0 Å². The molecule has 5 heteroatoms. The number of aliphatic hydroxyl groups is 1. The van der Waals surface area contributed by atoms with Crippen LogP contribution in [0.5, 0.6) is 5.75 Å². The molecule has 0 saturated heterocycles. The summed E-state index contributed by atoms with van der Waals surface area (Å²) in [5.41, 5.74) is -0.583. The van der Waals surface area contributed by atoms with Crippen molar-refractivity contribution in [3.63, 3.8) is 0 Å². The number of ether oxygens (including phenoxy) is 1. The topological polar surface area (TPSA) is 78.8 Å². The predicted octanol–water partition coefficient (Wildman–Crippen LogP) is 0.415. The molecule has 18 heavy (non-hydrogen) atoms. The van der Waals surface area contributed by atoms with Gasteiger partial charge in [-0.3, -0.25) is 0 Å². The molecule has 2 rings (SSSR count). The summed E-state index contributed by atoms with van der Waals surface area (Å²) in [7, 11) is 0. The minimum Gasteiger partial charge on any atom is -0.488 e. The van der Waals surface area contributed by atoms with Gasteiger partial charge in [-0.25, -0.2) is 4.79 Å². The monoisotopic (exact) mass is 251 g/mol. The maximum Gasteiger partial charge on any atom is 0.336 e. The predicted molar refractivity (Wildman–Crippen MR) is 65.7 cm³/mol. The average Bonchev–Trinajstić information content (AvgIpc) is 2.70. The second-order valence-electron chi connectivity index (χ2n) is 4.76. The molecule has 0 bridgehead atoms. The van der Waals surface area contributed by atoms with E-state index in [1.165, 1.54) is 6.92 Å². The highest BCUT2D eigenvalue weighted by Gasteiger charge is 2.30. The van der Waals surface area contributed by atoms with Crippen LogP contribution in [-0.2, 0) is 11.2 Å². The third-order valence-electron chi connectivity index (χ3n) is 3.02. The molecule has 2 atom stereocenters. The van der Waals surface area contributed by atoms with Crippen molar-refractivity contribution in [1.82, 2.24) is 5.32 Å². The molecule has 1 aliphatic heterocycles. The number of hydrogen-bond donors (Lipinski definition) is 3. The van der Waals surface area contributed by atoms with Gasteiger partial charge in [0, 0.05) is 19.5 Å². The third kappa shape index (κ3) is 2.80. The molecule has 98 valence electrons. The molecule has 3 N–H and O–H groups in total. The maximum atomic E-state index is 10.7. The fourth-order valence-corrected chi connectivity index (χ4v) is 1.92. The third-order valence-corrected chi connectivity index (χ3v) is 3.02. The van der Waals surface area contributed by atoms with E-state index in [4.69, 9.17) is 9.84 Å². The lowest BCUT2D eigenvalue weighted by Gasteiger charge is -2.19. The van der Waals surface area contributed by atoms with Crippen molar-refractivity contribution in [3.8, 4) is 5.75 Å². The van der Waals surface area contributed by atoms with E-state index in [-0.39, 0.29) is 12.6 Å². The lowest BCUT2D eigenvalue weighted by atomic mass is 10.1. The number of para-hydroxylation sites is 1. The van der Waals surface area contributed by atoms with Crippen LogP contribution in [0.2, 0.25) is 0 Å². The van der Waals surface area contributed by atoms with Crippen molar-refractivity contribution >= 4 is 5.97 Å².